The molecular weight excluding hydrogens is 468 g/mol. The first-order valence-corrected chi connectivity index (χ1v) is 9.66. The second-order valence-corrected chi connectivity index (χ2v) is 7.49. The Labute approximate surface area is 177 Å². The first-order chi connectivity index (χ1) is 13.9. The molecule has 0 radical (unpaired) electrons. The Morgan fingerprint density at radius 2 is 2.00 bits per heavy atom. The van der Waals surface area contributed by atoms with E-state index in [9.17, 15) is 13.6 Å². The summed E-state index contributed by atoms with van der Waals surface area (Å²) in [6, 6.07) is 10.1. The summed E-state index contributed by atoms with van der Waals surface area (Å²) in [7, 11) is 0. The smallest absolute Gasteiger partial charge is 0.288 e. The van der Waals surface area contributed by atoms with E-state index in [0.29, 0.717) is 16.4 Å². The van der Waals surface area contributed by atoms with Gasteiger partial charge in [0.1, 0.15) is 22.7 Å². The van der Waals surface area contributed by atoms with Crippen LogP contribution >= 0.6 is 27.5 Å². The molecule has 2 aromatic heterocycles. The molecule has 0 bridgehead atoms. The number of aryl methyl sites for hydroxylation is 1. The minimum Gasteiger partial charge on any atom is -0.473 e. The molecule has 0 aliphatic rings. The van der Waals surface area contributed by atoms with Crippen molar-refractivity contribution in [2.75, 3.05) is 0 Å². The Morgan fingerprint density at radius 1 is 1.21 bits per heavy atom. The molecule has 4 rings (SSSR count). The molecule has 29 heavy (non-hydrogen) atoms. The van der Waals surface area contributed by atoms with Crippen LogP contribution in [-0.2, 0) is 6.61 Å². The molecular formula is C20H13BrClF2N3O2. The van der Waals surface area contributed by atoms with Crippen LogP contribution in [0.5, 0.6) is 5.88 Å². The standard InChI is InChI=1S/C20H13BrClF2N3O2/c1-11-3-2-4-14(22)18(11)27-20(28)17(21)19-25-16(7-8-26(19)27)29-10-12-5-6-13(23)9-15(12)24/h2-9H,10H2,1H3. The van der Waals surface area contributed by atoms with Crippen LogP contribution in [0, 0.1) is 18.6 Å². The van der Waals surface area contributed by atoms with E-state index in [1.54, 1.807) is 28.9 Å². The van der Waals surface area contributed by atoms with Gasteiger partial charge in [0.05, 0.1) is 10.7 Å². The third-order valence-electron chi connectivity index (χ3n) is 4.37. The van der Waals surface area contributed by atoms with Gasteiger partial charge in [-0.05, 0) is 46.6 Å². The second kappa shape index (κ2) is 7.61. The predicted octanol–water partition coefficient (Wildman–Crippen LogP) is 5.07. The van der Waals surface area contributed by atoms with Gasteiger partial charge in [0.2, 0.25) is 5.88 Å². The van der Waals surface area contributed by atoms with Gasteiger partial charge < -0.3 is 4.74 Å². The average Bonchev–Trinajstić information content (AvgIpc) is 2.92. The van der Waals surface area contributed by atoms with E-state index in [0.717, 1.165) is 17.7 Å². The molecule has 0 atom stereocenters. The lowest BCUT2D eigenvalue weighted by Crippen LogP contribution is -2.19. The molecule has 0 aliphatic carbocycles. The van der Waals surface area contributed by atoms with Gasteiger partial charge in [-0.25, -0.2) is 18.0 Å². The largest absolute Gasteiger partial charge is 0.473 e. The van der Waals surface area contributed by atoms with Gasteiger partial charge in [-0.3, -0.25) is 4.79 Å². The number of fused-ring (bicyclic) bond motifs is 1. The van der Waals surface area contributed by atoms with Crippen LogP contribution in [0.2, 0.25) is 5.02 Å². The van der Waals surface area contributed by atoms with Gasteiger partial charge in [-0.1, -0.05) is 23.7 Å². The van der Waals surface area contributed by atoms with Gasteiger partial charge in [0.15, 0.2) is 5.65 Å². The average molecular weight is 481 g/mol. The lowest BCUT2D eigenvalue weighted by Gasteiger charge is -2.11. The monoisotopic (exact) mass is 479 g/mol. The van der Waals surface area contributed by atoms with E-state index in [2.05, 4.69) is 20.9 Å². The first-order valence-electron chi connectivity index (χ1n) is 8.49. The normalized spacial score (nSPS) is 11.2. The zero-order valence-corrected chi connectivity index (χ0v) is 17.3. The third-order valence-corrected chi connectivity index (χ3v) is 5.37. The molecule has 0 aliphatic heterocycles. The lowest BCUT2D eigenvalue weighted by atomic mass is 10.2. The van der Waals surface area contributed by atoms with Gasteiger partial charge in [-0.15, -0.1) is 0 Å². The summed E-state index contributed by atoms with van der Waals surface area (Å²) in [5.41, 5.74) is 1.53. The summed E-state index contributed by atoms with van der Waals surface area (Å²) in [6.45, 7) is 1.71. The third kappa shape index (κ3) is 3.54. The Balaban J connectivity index is 1.74. The van der Waals surface area contributed by atoms with Crippen molar-refractivity contribution in [3.05, 3.63) is 91.3 Å². The fraction of sp³-hybridized carbons (Fsp3) is 0.100. The summed E-state index contributed by atoms with van der Waals surface area (Å²) in [4.78, 5) is 17.2. The number of para-hydroxylation sites is 1. The molecule has 2 aromatic carbocycles. The molecule has 0 amide bonds. The van der Waals surface area contributed by atoms with E-state index >= 15 is 0 Å². The van der Waals surface area contributed by atoms with E-state index in [1.165, 1.54) is 10.7 Å². The maximum absolute atomic E-state index is 13.8. The van der Waals surface area contributed by atoms with Crippen LogP contribution in [0.15, 0.2) is 57.9 Å². The minimum atomic E-state index is -0.705. The predicted molar refractivity (Wildman–Crippen MR) is 109 cm³/mol. The maximum Gasteiger partial charge on any atom is 0.288 e. The zero-order valence-electron chi connectivity index (χ0n) is 15.0. The lowest BCUT2D eigenvalue weighted by molar-refractivity contribution is 0.288. The molecule has 148 valence electrons. The summed E-state index contributed by atoms with van der Waals surface area (Å²) in [5.74, 6) is -1.18. The highest BCUT2D eigenvalue weighted by Crippen LogP contribution is 2.26. The van der Waals surface area contributed by atoms with Crippen LogP contribution < -0.4 is 10.3 Å². The first kappa shape index (κ1) is 19.6. The highest BCUT2D eigenvalue weighted by atomic mass is 79.9. The van der Waals surface area contributed by atoms with Crippen molar-refractivity contribution in [3.8, 4) is 11.6 Å². The highest BCUT2D eigenvalue weighted by Gasteiger charge is 2.19. The van der Waals surface area contributed by atoms with Crippen molar-refractivity contribution in [1.29, 1.82) is 0 Å². The number of rotatable bonds is 4. The van der Waals surface area contributed by atoms with Crippen molar-refractivity contribution in [2.24, 2.45) is 0 Å². The molecule has 5 nitrogen and oxygen atoms in total. The fourth-order valence-electron chi connectivity index (χ4n) is 2.97. The van der Waals surface area contributed by atoms with Gasteiger partial charge >= 0.3 is 0 Å². The molecule has 4 aromatic rings. The quantitative estimate of drug-likeness (QED) is 0.410. The van der Waals surface area contributed by atoms with Crippen molar-refractivity contribution < 1.29 is 13.5 Å². The number of benzene rings is 2. The Bertz CT molecular complexity index is 1280. The van der Waals surface area contributed by atoms with Crippen LogP contribution in [0.25, 0.3) is 11.3 Å². The van der Waals surface area contributed by atoms with Crippen LogP contribution in [0.1, 0.15) is 11.1 Å². The van der Waals surface area contributed by atoms with Crippen molar-refractivity contribution >= 4 is 33.2 Å². The fourth-order valence-corrected chi connectivity index (χ4v) is 3.71. The molecule has 2 heterocycles. The summed E-state index contributed by atoms with van der Waals surface area (Å²) < 4.78 is 35.5. The summed E-state index contributed by atoms with van der Waals surface area (Å²) >= 11 is 9.61. The zero-order chi connectivity index (χ0) is 20.7. The molecule has 0 fully saturated rings. The van der Waals surface area contributed by atoms with E-state index in [1.807, 2.05) is 13.0 Å². The SMILES string of the molecule is Cc1cccc(Cl)c1-n1c(=O)c(Br)c2nc(OCc3ccc(F)cc3F)ccn21. The van der Waals surface area contributed by atoms with Crippen molar-refractivity contribution in [2.45, 2.75) is 13.5 Å². The van der Waals surface area contributed by atoms with Gasteiger partial charge in [-0.2, -0.15) is 4.98 Å². The summed E-state index contributed by atoms with van der Waals surface area (Å²) in [5, 5.41) is 0.422. The van der Waals surface area contributed by atoms with Crippen LogP contribution in [0.3, 0.4) is 0 Å². The summed E-state index contributed by atoms with van der Waals surface area (Å²) in [6.07, 6.45) is 1.60. The molecule has 0 unspecified atom stereocenters. The molecule has 0 N–H and O–H groups in total. The maximum atomic E-state index is 13.8. The number of hydrogen-bond acceptors (Lipinski definition) is 3. The molecule has 9 heteroatoms. The number of aromatic nitrogens is 3. The Kier molecular flexibility index (Phi) is 5.14. The van der Waals surface area contributed by atoms with Crippen molar-refractivity contribution in [1.82, 2.24) is 14.2 Å². The molecule has 0 saturated heterocycles. The minimum absolute atomic E-state index is 0.137. The van der Waals surface area contributed by atoms with Gasteiger partial charge in [0.25, 0.3) is 5.56 Å². The Morgan fingerprint density at radius 3 is 2.72 bits per heavy atom. The van der Waals surface area contributed by atoms with Crippen LogP contribution in [0.4, 0.5) is 8.78 Å². The topological polar surface area (TPSA) is 48.5 Å². The number of ether oxygens (including phenoxy) is 1. The number of hydrogen-bond donors (Lipinski definition) is 0. The number of nitrogens with zero attached hydrogens (tertiary/aromatic N) is 3. The van der Waals surface area contributed by atoms with E-state index in [-0.39, 0.29) is 28.1 Å². The van der Waals surface area contributed by atoms with Crippen molar-refractivity contribution in [3.63, 3.8) is 0 Å². The Hall–Kier alpha value is -2.71. The number of halogens is 4. The molecule has 0 saturated carbocycles. The van der Waals surface area contributed by atoms with E-state index < -0.39 is 11.6 Å². The van der Waals surface area contributed by atoms with Gasteiger partial charge in [0, 0.05) is 23.9 Å². The second-order valence-electron chi connectivity index (χ2n) is 6.29. The molecule has 0 spiro atoms. The van der Waals surface area contributed by atoms with Crippen LogP contribution in [-0.4, -0.2) is 14.2 Å². The highest BCUT2D eigenvalue weighted by molar-refractivity contribution is 9.10. The van der Waals surface area contributed by atoms with E-state index in [4.69, 9.17) is 16.3 Å².